The molecule has 0 atom stereocenters. The zero-order valence-corrected chi connectivity index (χ0v) is 9.25. The number of rotatable bonds is 9. The largest absolute Gasteiger partial charge is 0.380 e. The molecule has 0 radical (unpaired) electrons. The second-order valence-electron chi connectivity index (χ2n) is 3.43. The van der Waals surface area contributed by atoms with Crippen LogP contribution in [0.25, 0.3) is 0 Å². The average molecular weight is 199 g/mol. The fourth-order valence-electron chi connectivity index (χ4n) is 0.918. The van der Waals surface area contributed by atoms with Gasteiger partial charge in [-0.05, 0) is 27.1 Å². The summed E-state index contributed by atoms with van der Waals surface area (Å²) in [5.74, 6) is 0. The Morgan fingerprint density at radius 1 is 1.29 bits per heavy atom. The Bertz CT molecular complexity index is 154. The third-order valence-corrected chi connectivity index (χ3v) is 1.74. The van der Waals surface area contributed by atoms with Gasteiger partial charge in [0.05, 0.1) is 12.7 Å². The first-order valence-electron chi connectivity index (χ1n) is 5.07. The molecule has 14 heavy (non-hydrogen) atoms. The lowest BCUT2D eigenvalue weighted by molar-refractivity contribution is 0.115. The summed E-state index contributed by atoms with van der Waals surface area (Å²) in [5.41, 5.74) is 0. The van der Waals surface area contributed by atoms with Crippen molar-refractivity contribution in [3.8, 4) is 6.07 Å². The Labute approximate surface area is 86.8 Å². The summed E-state index contributed by atoms with van der Waals surface area (Å²) in [4.78, 5) is 2.10. The van der Waals surface area contributed by atoms with E-state index in [1.165, 1.54) is 0 Å². The summed E-state index contributed by atoms with van der Waals surface area (Å²) in [6.07, 6.45) is 1.60. The van der Waals surface area contributed by atoms with Crippen molar-refractivity contribution in [3.05, 3.63) is 0 Å². The fraction of sp³-hybridized carbons (Fsp3) is 0.900. The van der Waals surface area contributed by atoms with Crippen LogP contribution in [0.5, 0.6) is 0 Å². The van der Waals surface area contributed by atoms with E-state index in [9.17, 15) is 0 Å². The number of nitrogens with zero attached hydrogens (tertiary/aromatic N) is 2. The highest BCUT2D eigenvalue weighted by Crippen LogP contribution is 1.83. The molecule has 0 bridgehead atoms. The summed E-state index contributed by atoms with van der Waals surface area (Å²) in [6.45, 7) is 4.29. The third-order valence-electron chi connectivity index (χ3n) is 1.74. The summed E-state index contributed by atoms with van der Waals surface area (Å²) in [6, 6.07) is 2.09. The van der Waals surface area contributed by atoms with E-state index >= 15 is 0 Å². The number of hydrogen-bond acceptors (Lipinski definition) is 4. The molecule has 82 valence electrons. The van der Waals surface area contributed by atoms with Gasteiger partial charge in [-0.15, -0.1) is 0 Å². The topological polar surface area (TPSA) is 48.3 Å². The van der Waals surface area contributed by atoms with E-state index in [1.54, 1.807) is 0 Å². The van der Waals surface area contributed by atoms with Gasteiger partial charge in [-0.3, -0.25) is 0 Å². The van der Waals surface area contributed by atoms with Crippen LogP contribution in [0.2, 0.25) is 0 Å². The van der Waals surface area contributed by atoms with E-state index in [0.29, 0.717) is 6.42 Å². The lowest BCUT2D eigenvalue weighted by Crippen LogP contribution is -2.20. The Balaban J connectivity index is 2.89. The van der Waals surface area contributed by atoms with E-state index in [2.05, 4.69) is 16.3 Å². The van der Waals surface area contributed by atoms with Gasteiger partial charge in [-0.2, -0.15) is 5.26 Å². The van der Waals surface area contributed by atoms with Gasteiger partial charge in [-0.1, -0.05) is 0 Å². The summed E-state index contributed by atoms with van der Waals surface area (Å²) in [5, 5.41) is 11.4. The normalized spacial score (nSPS) is 10.4. The second-order valence-corrected chi connectivity index (χ2v) is 3.43. The first kappa shape index (κ1) is 13.4. The zero-order valence-electron chi connectivity index (χ0n) is 9.25. The summed E-state index contributed by atoms with van der Waals surface area (Å²) < 4.78 is 5.40. The molecule has 0 amide bonds. The first-order valence-corrected chi connectivity index (χ1v) is 5.07. The van der Waals surface area contributed by atoms with Gasteiger partial charge in [-0.25, -0.2) is 0 Å². The minimum absolute atomic E-state index is 0.585. The van der Waals surface area contributed by atoms with Crippen LogP contribution in [0.1, 0.15) is 12.8 Å². The van der Waals surface area contributed by atoms with Crippen molar-refractivity contribution in [2.45, 2.75) is 12.8 Å². The molecule has 0 aliphatic heterocycles. The molecule has 0 saturated heterocycles. The minimum Gasteiger partial charge on any atom is -0.380 e. The molecule has 0 aromatic heterocycles. The Morgan fingerprint density at radius 3 is 2.71 bits per heavy atom. The molecule has 0 saturated carbocycles. The molecule has 4 nitrogen and oxygen atoms in total. The van der Waals surface area contributed by atoms with Gasteiger partial charge in [0.25, 0.3) is 0 Å². The number of hydrogen-bond donors (Lipinski definition) is 1. The predicted octanol–water partition coefficient (Wildman–Crippen LogP) is 0.458. The van der Waals surface area contributed by atoms with Gasteiger partial charge in [0.2, 0.25) is 0 Å². The van der Waals surface area contributed by atoms with Crippen molar-refractivity contribution in [1.82, 2.24) is 10.2 Å². The van der Waals surface area contributed by atoms with Crippen LogP contribution in [0.4, 0.5) is 0 Å². The van der Waals surface area contributed by atoms with Gasteiger partial charge in [0, 0.05) is 26.1 Å². The number of nitriles is 1. The van der Waals surface area contributed by atoms with Gasteiger partial charge >= 0.3 is 0 Å². The standard InChI is InChI=1S/C10H21N3O/c1-13(2)8-10-14-9-4-7-12-6-3-5-11/h12H,3-4,6-10H2,1-2H3. The van der Waals surface area contributed by atoms with Crippen LogP contribution in [-0.4, -0.2) is 51.8 Å². The van der Waals surface area contributed by atoms with Crippen LogP contribution < -0.4 is 5.32 Å². The lowest BCUT2D eigenvalue weighted by atomic mass is 10.4. The maximum Gasteiger partial charge on any atom is 0.0635 e. The zero-order chi connectivity index (χ0) is 10.6. The number of ether oxygens (including phenoxy) is 1. The molecule has 0 heterocycles. The van der Waals surface area contributed by atoms with Crippen molar-refractivity contribution in [2.24, 2.45) is 0 Å². The average Bonchev–Trinajstić information content (AvgIpc) is 2.15. The summed E-state index contributed by atoms with van der Waals surface area (Å²) >= 11 is 0. The molecule has 0 aromatic rings. The molecule has 0 rings (SSSR count). The summed E-state index contributed by atoms with van der Waals surface area (Å²) in [7, 11) is 4.07. The van der Waals surface area contributed by atoms with Crippen molar-refractivity contribution in [2.75, 3.05) is 46.9 Å². The van der Waals surface area contributed by atoms with Crippen molar-refractivity contribution < 1.29 is 4.74 Å². The SMILES string of the molecule is CN(C)CCOCCCNCCC#N. The maximum atomic E-state index is 8.27. The molecule has 0 fully saturated rings. The Morgan fingerprint density at radius 2 is 2.07 bits per heavy atom. The molecular formula is C10H21N3O. The van der Waals surface area contributed by atoms with Crippen molar-refractivity contribution in [3.63, 3.8) is 0 Å². The Kier molecular flexibility index (Phi) is 9.98. The van der Waals surface area contributed by atoms with E-state index in [1.807, 2.05) is 14.1 Å². The maximum absolute atomic E-state index is 8.27. The highest BCUT2D eigenvalue weighted by molar-refractivity contribution is 4.69. The molecule has 1 N–H and O–H groups in total. The van der Waals surface area contributed by atoms with Crippen molar-refractivity contribution >= 4 is 0 Å². The van der Waals surface area contributed by atoms with Crippen LogP contribution in [0.15, 0.2) is 0 Å². The van der Waals surface area contributed by atoms with Crippen molar-refractivity contribution in [1.29, 1.82) is 5.26 Å². The minimum atomic E-state index is 0.585. The second kappa shape index (κ2) is 10.5. The number of likely N-dealkylation sites (N-methyl/N-ethyl adjacent to an activating group) is 1. The third kappa shape index (κ3) is 11.4. The number of nitrogens with one attached hydrogen (secondary N) is 1. The smallest absolute Gasteiger partial charge is 0.0635 e. The van der Waals surface area contributed by atoms with Crippen LogP contribution >= 0.6 is 0 Å². The van der Waals surface area contributed by atoms with Gasteiger partial charge in [0.1, 0.15) is 0 Å². The van der Waals surface area contributed by atoms with E-state index in [-0.39, 0.29) is 0 Å². The quantitative estimate of drug-likeness (QED) is 0.548. The fourth-order valence-corrected chi connectivity index (χ4v) is 0.918. The van der Waals surface area contributed by atoms with E-state index in [4.69, 9.17) is 10.00 Å². The van der Waals surface area contributed by atoms with E-state index in [0.717, 1.165) is 39.3 Å². The molecule has 0 aromatic carbocycles. The molecule has 4 heteroatoms. The Hall–Kier alpha value is -0.630. The molecule has 0 spiro atoms. The van der Waals surface area contributed by atoms with E-state index < -0.39 is 0 Å². The monoisotopic (exact) mass is 199 g/mol. The van der Waals surface area contributed by atoms with Gasteiger partial charge in [0.15, 0.2) is 0 Å². The molecule has 0 aliphatic rings. The van der Waals surface area contributed by atoms with Crippen LogP contribution in [0, 0.1) is 11.3 Å². The lowest BCUT2D eigenvalue weighted by Gasteiger charge is -2.09. The van der Waals surface area contributed by atoms with Crippen LogP contribution in [-0.2, 0) is 4.74 Å². The molecular weight excluding hydrogens is 178 g/mol. The first-order chi connectivity index (χ1) is 6.77. The van der Waals surface area contributed by atoms with Gasteiger partial charge < -0.3 is 15.0 Å². The molecule has 0 unspecified atom stereocenters. The van der Waals surface area contributed by atoms with Crippen LogP contribution in [0.3, 0.4) is 0 Å². The predicted molar refractivity (Wildman–Crippen MR) is 57.1 cm³/mol. The molecule has 0 aliphatic carbocycles. The highest BCUT2D eigenvalue weighted by atomic mass is 16.5. The highest BCUT2D eigenvalue weighted by Gasteiger charge is 1.91.